The summed E-state index contributed by atoms with van der Waals surface area (Å²) in [5.41, 5.74) is 0. The maximum absolute atomic E-state index is 9.15. The van der Waals surface area contributed by atoms with Crippen LogP contribution in [0.3, 0.4) is 0 Å². The Labute approximate surface area is 28.3 Å². The largest absolute Gasteiger partial charge is 0.471 e. The van der Waals surface area contributed by atoms with Crippen molar-refractivity contribution in [3.05, 3.63) is 0 Å². The van der Waals surface area contributed by atoms with Gasteiger partial charge in [-0.05, 0) is 0 Å². The molecule has 0 heterocycles. The quantitative estimate of drug-likeness (QED) is 0.288. The predicted molar refractivity (Wildman–Crippen MR) is 19.1 cm³/mol. The lowest BCUT2D eigenvalue weighted by atomic mass is 10.7. The zero-order valence-corrected chi connectivity index (χ0v) is 2.90. The molecule has 0 aromatic carbocycles. The normalized spacial score (nSPS) is 6.00. The van der Waals surface area contributed by atoms with Gasteiger partial charge in [0.25, 0.3) is 0 Å². The van der Waals surface area contributed by atoms with E-state index in [0.29, 0.717) is 0 Å². The van der Waals surface area contributed by atoms with Crippen LogP contribution in [0.2, 0.25) is 0 Å². The third-order valence-corrected chi connectivity index (χ3v) is 0. The van der Waals surface area contributed by atoms with Crippen LogP contribution >= 0.6 is 7.56 Å². The van der Waals surface area contributed by atoms with Gasteiger partial charge >= 0.3 is 15.1 Å². The minimum absolute atomic E-state index is 1.87. The second-order valence-corrected chi connectivity index (χ2v) is 1.08. The highest BCUT2D eigenvalue weighted by Gasteiger charge is 1.87. The molecule has 0 aromatic heterocycles. The minimum Gasteiger partial charge on any atom is -0.124 e. The van der Waals surface area contributed by atoms with Gasteiger partial charge in [0.2, 0.25) is 0 Å². The van der Waals surface area contributed by atoms with Crippen molar-refractivity contribution < 1.29 is 4.57 Å². The van der Waals surface area contributed by atoms with Crippen LogP contribution in [0.1, 0.15) is 0 Å². The van der Waals surface area contributed by atoms with Gasteiger partial charge in [0, 0.05) is 0 Å². The van der Waals surface area contributed by atoms with Crippen LogP contribution in [0.4, 0.5) is 0 Å². The van der Waals surface area contributed by atoms with E-state index in [1.807, 2.05) is 0 Å². The maximum Gasteiger partial charge on any atom is 0.471 e. The number of hydrogen-bond acceptors (Lipinski definition) is 1. The van der Waals surface area contributed by atoms with Crippen molar-refractivity contribution in [3.8, 4) is 0 Å². The van der Waals surface area contributed by atoms with E-state index >= 15 is 0 Å². The van der Waals surface area contributed by atoms with Crippen LogP contribution in [-0.2, 0) is 4.57 Å². The van der Waals surface area contributed by atoms with Gasteiger partial charge in [0.1, 0.15) is 0 Å². The van der Waals surface area contributed by atoms with Crippen LogP contribution in [0.25, 0.3) is 0 Å². The zero-order chi connectivity index (χ0) is 3.58. The first-order chi connectivity index (χ1) is 1.73. The first kappa shape index (κ1) is 4.23. The Hall–Kier alpha value is 0.230. The van der Waals surface area contributed by atoms with Crippen molar-refractivity contribution in [2.45, 2.75) is 0 Å². The molecule has 0 saturated heterocycles. The van der Waals surface area contributed by atoms with Crippen molar-refractivity contribution in [1.82, 2.24) is 0 Å². The predicted octanol–water partition coefficient (Wildman–Crippen LogP) is -0.0192. The van der Waals surface area contributed by atoms with Gasteiger partial charge in [-0.3, -0.25) is 0 Å². The highest BCUT2D eigenvalue weighted by atomic mass is 31.1. The molecule has 4 heavy (non-hydrogen) atoms. The molecule has 0 N–H and O–H groups in total. The van der Waals surface area contributed by atoms with E-state index < -0.39 is 7.56 Å². The molecule has 0 aliphatic heterocycles. The molecule has 0 spiro atoms. The van der Waals surface area contributed by atoms with Gasteiger partial charge < -0.3 is 0 Å². The molecule has 0 amide bonds. The lowest BCUT2D eigenvalue weighted by Crippen LogP contribution is -1.43. The van der Waals surface area contributed by atoms with Gasteiger partial charge in [0.15, 0.2) is 7.56 Å². The summed E-state index contributed by atoms with van der Waals surface area (Å²) in [7, 11) is 6.93. The molecule has 0 saturated carbocycles. The van der Waals surface area contributed by atoms with E-state index in [-0.39, 0.29) is 0 Å². The Morgan fingerprint density at radius 2 is 1.50 bits per heavy atom. The molecule has 1 nitrogen and oxygen atoms in total. The fourth-order valence-electron chi connectivity index (χ4n) is 0. The lowest BCUT2D eigenvalue weighted by Gasteiger charge is -1.34. The Bertz CT molecular complexity index is 29.0. The zero-order valence-electron chi connectivity index (χ0n) is 2.01. The van der Waals surface area contributed by atoms with Crippen molar-refractivity contribution in [1.29, 1.82) is 0 Å². The van der Waals surface area contributed by atoms with Gasteiger partial charge in [-0.2, -0.15) is 0 Å². The molecule has 4 heteroatoms. The second kappa shape index (κ2) is 1.54. The standard InChI is InChI=1S/B2OP/c1-4(2)3/q+1. The van der Waals surface area contributed by atoms with Crippen LogP contribution in [0.15, 0.2) is 0 Å². The summed E-state index contributed by atoms with van der Waals surface area (Å²) in [5, 5.41) is 0. The fourth-order valence-corrected chi connectivity index (χ4v) is 0. The molecule has 0 bridgehead atoms. The van der Waals surface area contributed by atoms with Crippen LogP contribution in [0.5, 0.6) is 0 Å². The van der Waals surface area contributed by atoms with E-state index in [4.69, 9.17) is 4.57 Å². The average molecular weight is 68.6 g/mol. The molecule has 0 atom stereocenters. The van der Waals surface area contributed by atoms with Gasteiger partial charge in [0.05, 0.1) is 0 Å². The van der Waals surface area contributed by atoms with Gasteiger partial charge in [-0.25, -0.2) is 0 Å². The van der Waals surface area contributed by atoms with Gasteiger partial charge in [-0.15, -0.1) is 4.57 Å². The first-order valence-electron chi connectivity index (χ1n) is 0.699. The summed E-state index contributed by atoms with van der Waals surface area (Å²) >= 11 is 0. The molecule has 16 valence electrons. The maximum atomic E-state index is 9.15. The third-order valence-electron chi connectivity index (χ3n) is 0. The molecule has 0 aliphatic rings. The summed E-state index contributed by atoms with van der Waals surface area (Å²) in [6.45, 7) is 0. The summed E-state index contributed by atoms with van der Waals surface area (Å²) in [5.74, 6) is 0. The Morgan fingerprint density at radius 3 is 1.50 bits per heavy atom. The number of rotatable bonds is 0. The van der Waals surface area contributed by atoms with Crippen molar-refractivity contribution >= 4 is 22.7 Å². The Kier molecular flexibility index (Phi) is 1.63. The Morgan fingerprint density at radius 1 is 1.50 bits per heavy atom. The monoisotopic (exact) mass is 69.0 g/mol. The van der Waals surface area contributed by atoms with Crippen LogP contribution in [0, 0.1) is 0 Å². The average Bonchev–Trinajstić information content (AvgIpc) is 0.811. The van der Waals surface area contributed by atoms with Gasteiger partial charge in [-0.1, -0.05) is 0 Å². The molecule has 0 rings (SSSR count). The van der Waals surface area contributed by atoms with Crippen LogP contribution < -0.4 is 0 Å². The summed E-state index contributed by atoms with van der Waals surface area (Å²) in [6, 6.07) is 0. The highest BCUT2D eigenvalue weighted by molar-refractivity contribution is 7.92. The van der Waals surface area contributed by atoms with E-state index in [9.17, 15) is 0 Å². The van der Waals surface area contributed by atoms with Crippen molar-refractivity contribution in [3.63, 3.8) is 0 Å². The molecule has 0 fully saturated rings. The Balaban J connectivity index is 2.80. The summed E-state index contributed by atoms with van der Waals surface area (Å²) in [6.07, 6.45) is 0. The molecule has 0 unspecified atom stereocenters. The number of hydrogen-bond donors (Lipinski definition) is 0. The van der Waals surface area contributed by atoms with E-state index in [2.05, 4.69) is 15.1 Å². The van der Waals surface area contributed by atoms with E-state index in [1.54, 1.807) is 0 Å². The molecular weight excluding hydrogens is 68.6 g/mol. The molecule has 0 aliphatic carbocycles. The van der Waals surface area contributed by atoms with E-state index in [1.165, 1.54) is 0 Å². The molecular formula is B2OP+. The van der Waals surface area contributed by atoms with Crippen molar-refractivity contribution in [2.24, 2.45) is 0 Å². The van der Waals surface area contributed by atoms with Crippen molar-refractivity contribution in [2.75, 3.05) is 0 Å². The first-order valence-corrected chi connectivity index (χ1v) is 2.10. The summed E-state index contributed by atoms with van der Waals surface area (Å²) < 4.78 is 9.15. The minimum atomic E-state index is -1.87. The smallest absolute Gasteiger partial charge is 0.124 e. The highest BCUT2D eigenvalue weighted by Crippen LogP contribution is 1.96. The van der Waals surface area contributed by atoms with E-state index in [0.717, 1.165) is 0 Å². The SMILES string of the molecule is [B][P+]([B])=O. The summed E-state index contributed by atoms with van der Waals surface area (Å²) in [4.78, 5) is 0. The third kappa shape index (κ3) is 63.8. The topological polar surface area (TPSA) is 17.1 Å². The molecule has 0 aromatic rings. The fraction of sp³-hybridized carbons (Fsp3) is 0. The van der Waals surface area contributed by atoms with Crippen LogP contribution in [-0.4, -0.2) is 15.1 Å². The molecule has 4 radical (unpaired) electrons. The second-order valence-electron chi connectivity index (χ2n) is 0.360. The lowest BCUT2D eigenvalue weighted by molar-refractivity contribution is 0.602.